The quantitative estimate of drug-likeness (QED) is 0.0505. The highest BCUT2D eigenvalue weighted by atomic mass is 35.5. The molecule has 246 valence electrons. The molecule has 8 N–H and O–H groups in total. The van der Waals surface area contributed by atoms with Crippen LogP contribution < -0.4 is 22.7 Å². The molecule has 1 aromatic rings. The van der Waals surface area contributed by atoms with E-state index >= 15 is 0 Å². The van der Waals surface area contributed by atoms with E-state index in [-0.39, 0.29) is 35.7 Å². The minimum Gasteiger partial charge on any atom is -0.386 e. The van der Waals surface area contributed by atoms with Crippen LogP contribution >= 0.6 is 11.6 Å². The Labute approximate surface area is 270 Å². The van der Waals surface area contributed by atoms with Crippen molar-refractivity contribution >= 4 is 35.0 Å². The Morgan fingerprint density at radius 2 is 1.75 bits per heavy atom. The normalized spacial score (nSPS) is 21.1. The molecule has 44 heavy (non-hydrogen) atoms. The molecule has 1 heterocycles. The number of alkyl halides is 1. The Balaban J connectivity index is 0.00000232. The zero-order chi connectivity index (χ0) is 33.7. The minimum atomic E-state index is -0.605. The van der Waals surface area contributed by atoms with Crippen LogP contribution in [0.3, 0.4) is 0 Å². The average Bonchev–Trinajstić information content (AvgIpc) is 3.28. The van der Waals surface area contributed by atoms with E-state index in [2.05, 4.69) is 58.5 Å². The van der Waals surface area contributed by atoms with Crippen LogP contribution in [0.25, 0.3) is 0 Å². The number of hydrazine groups is 1. The van der Waals surface area contributed by atoms with Crippen LogP contribution in [-0.4, -0.2) is 46.3 Å². The molecule has 0 radical (unpaired) electrons. The molecule has 3 rings (SSSR count). The summed E-state index contributed by atoms with van der Waals surface area (Å²) >= 11 is 6.16. The topological polar surface area (TPSA) is 164 Å². The van der Waals surface area contributed by atoms with Gasteiger partial charge in [0.25, 0.3) is 11.8 Å². The standard InChI is InChI=1S/C32H46ClN5O2.C2H6.H4N2/c1-7-21(3)19-24(15-18-33)28-30(40)38(32(37-28)16-13-25(14-17-32)31(4,5)6)26(8-2)22-9-11-23(12-10-22)29(39)36-20-27(34)35;2*1-2/h9-12,15,19,25-26H,7-8,13-14,16-18,20H2,1-6H3,(H3,34,35)(H,36,39);1-2H3;1-2H2/b21-19-,24-15+;;. The van der Waals surface area contributed by atoms with Gasteiger partial charge in [-0.3, -0.25) is 31.7 Å². The number of nitrogens with two attached hydrogens (primary N) is 3. The number of hydrogen-bond donors (Lipinski definition) is 5. The highest BCUT2D eigenvalue weighted by Crippen LogP contribution is 2.49. The predicted octanol–water partition coefficient (Wildman–Crippen LogP) is 6.39. The van der Waals surface area contributed by atoms with Gasteiger partial charge in [-0.1, -0.05) is 78.3 Å². The molecule has 1 atom stereocenters. The summed E-state index contributed by atoms with van der Waals surface area (Å²) in [5.41, 5.74) is 8.89. The Bertz CT molecular complexity index is 1190. The summed E-state index contributed by atoms with van der Waals surface area (Å²) in [7, 11) is 0. The van der Waals surface area contributed by atoms with Crippen LogP contribution in [0.4, 0.5) is 0 Å². The van der Waals surface area contributed by atoms with Gasteiger partial charge in [0, 0.05) is 17.0 Å². The molecule has 1 saturated carbocycles. The number of carbonyl (C=O) groups excluding carboxylic acids is 2. The summed E-state index contributed by atoms with van der Waals surface area (Å²) in [4.78, 5) is 34.1. The second-order valence-corrected chi connectivity index (χ2v) is 12.5. The van der Waals surface area contributed by atoms with Crippen molar-refractivity contribution in [2.75, 3.05) is 12.4 Å². The van der Waals surface area contributed by atoms with Crippen molar-refractivity contribution in [3.8, 4) is 0 Å². The van der Waals surface area contributed by atoms with Gasteiger partial charge < -0.3 is 16.0 Å². The van der Waals surface area contributed by atoms with Crippen LogP contribution in [0.2, 0.25) is 0 Å². The summed E-state index contributed by atoms with van der Waals surface area (Å²) in [6, 6.07) is 7.19. The van der Waals surface area contributed by atoms with E-state index in [9.17, 15) is 9.59 Å². The molecule has 1 aliphatic heterocycles. The molecular formula is C34H56ClN7O2. The number of amidine groups is 1. The fourth-order valence-corrected chi connectivity index (χ4v) is 6.07. The number of hydrogen-bond acceptors (Lipinski definition) is 6. The van der Waals surface area contributed by atoms with Crippen molar-refractivity contribution in [2.24, 2.45) is 33.7 Å². The highest BCUT2D eigenvalue weighted by Gasteiger charge is 2.52. The first-order valence-corrected chi connectivity index (χ1v) is 16.3. The molecule has 1 aliphatic carbocycles. The van der Waals surface area contributed by atoms with Crippen LogP contribution in [0, 0.1) is 16.7 Å². The van der Waals surface area contributed by atoms with E-state index in [1.165, 1.54) is 5.57 Å². The lowest BCUT2D eigenvalue weighted by Gasteiger charge is -2.47. The van der Waals surface area contributed by atoms with E-state index in [1.54, 1.807) is 12.1 Å². The van der Waals surface area contributed by atoms with Gasteiger partial charge in [0.15, 0.2) is 0 Å². The number of nitrogens with one attached hydrogen (secondary N) is 2. The van der Waals surface area contributed by atoms with Gasteiger partial charge in [0.2, 0.25) is 0 Å². The summed E-state index contributed by atoms with van der Waals surface area (Å²) < 4.78 is 0. The van der Waals surface area contributed by atoms with Gasteiger partial charge in [-0.15, -0.1) is 11.6 Å². The Hall–Kier alpha value is -3.01. The molecule has 1 unspecified atom stereocenters. The number of benzene rings is 1. The monoisotopic (exact) mass is 629 g/mol. The summed E-state index contributed by atoms with van der Waals surface area (Å²) in [6.07, 6.45) is 9.19. The van der Waals surface area contributed by atoms with Gasteiger partial charge in [-0.25, -0.2) is 0 Å². The Morgan fingerprint density at radius 3 is 2.20 bits per heavy atom. The number of nitrogens with zero attached hydrogens (tertiary/aromatic N) is 2. The molecule has 0 aromatic heterocycles. The van der Waals surface area contributed by atoms with Crippen LogP contribution in [-0.2, 0) is 4.79 Å². The number of aliphatic imine (C=N–C) groups is 1. The van der Waals surface area contributed by atoms with E-state index < -0.39 is 5.66 Å². The molecular weight excluding hydrogens is 574 g/mol. The smallest absolute Gasteiger partial charge is 0.275 e. The lowest BCUT2D eigenvalue weighted by atomic mass is 9.69. The molecule has 0 saturated heterocycles. The second-order valence-electron chi connectivity index (χ2n) is 12.2. The highest BCUT2D eigenvalue weighted by molar-refractivity contribution is 6.47. The zero-order valence-corrected chi connectivity index (χ0v) is 28.9. The lowest BCUT2D eigenvalue weighted by molar-refractivity contribution is -0.133. The molecule has 2 amide bonds. The van der Waals surface area contributed by atoms with Crippen LogP contribution in [0.1, 0.15) is 116 Å². The van der Waals surface area contributed by atoms with E-state index in [0.29, 0.717) is 29.5 Å². The summed E-state index contributed by atoms with van der Waals surface area (Å²) in [5.74, 6) is 8.43. The fourth-order valence-electron chi connectivity index (χ4n) is 5.91. The maximum atomic E-state index is 14.3. The predicted molar refractivity (Wildman–Crippen MR) is 185 cm³/mol. The van der Waals surface area contributed by atoms with E-state index in [1.807, 2.05) is 43.0 Å². The third kappa shape index (κ3) is 9.74. The number of allylic oxidation sites excluding steroid dienone is 3. The average molecular weight is 630 g/mol. The molecule has 10 heteroatoms. The third-order valence-corrected chi connectivity index (χ3v) is 8.58. The first kappa shape index (κ1) is 39.0. The van der Waals surface area contributed by atoms with Gasteiger partial charge in [-0.2, -0.15) is 0 Å². The Kier molecular flexibility index (Phi) is 16.0. The largest absolute Gasteiger partial charge is 0.386 e. The van der Waals surface area contributed by atoms with Crippen molar-refractivity contribution in [1.29, 1.82) is 5.41 Å². The van der Waals surface area contributed by atoms with Gasteiger partial charge in [-0.05, 0) is 74.5 Å². The first-order valence-electron chi connectivity index (χ1n) is 15.8. The molecule has 1 fully saturated rings. The molecule has 9 nitrogen and oxygen atoms in total. The second kappa shape index (κ2) is 18.1. The number of halogens is 1. The van der Waals surface area contributed by atoms with E-state index in [4.69, 9.17) is 27.7 Å². The summed E-state index contributed by atoms with van der Waals surface area (Å²) in [6.45, 7) is 17.1. The lowest BCUT2D eigenvalue weighted by Crippen LogP contribution is -2.51. The van der Waals surface area contributed by atoms with Crippen molar-refractivity contribution in [3.63, 3.8) is 0 Å². The fraction of sp³-hybridized carbons (Fsp3) is 0.588. The molecule has 1 spiro atoms. The molecule has 2 aliphatic rings. The van der Waals surface area contributed by atoms with Gasteiger partial charge in [0.05, 0.1) is 12.6 Å². The van der Waals surface area contributed by atoms with Gasteiger partial charge in [0.1, 0.15) is 17.2 Å². The van der Waals surface area contributed by atoms with Crippen molar-refractivity contribution < 1.29 is 9.59 Å². The summed E-state index contributed by atoms with van der Waals surface area (Å²) in [5, 5.41) is 9.98. The van der Waals surface area contributed by atoms with Crippen LogP contribution in [0.15, 0.2) is 52.6 Å². The zero-order valence-electron chi connectivity index (χ0n) is 28.1. The van der Waals surface area contributed by atoms with Crippen molar-refractivity contribution in [1.82, 2.24) is 10.2 Å². The molecule has 0 bridgehead atoms. The number of rotatable bonds is 10. The molecule has 1 aromatic carbocycles. The number of amides is 2. The maximum absolute atomic E-state index is 14.3. The van der Waals surface area contributed by atoms with Crippen molar-refractivity contribution in [3.05, 3.63) is 58.7 Å². The maximum Gasteiger partial charge on any atom is 0.275 e. The minimum absolute atomic E-state index is 0.00273. The number of carbonyl (C=O) groups is 2. The third-order valence-electron chi connectivity index (χ3n) is 8.43. The van der Waals surface area contributed by atoms with Gasteiger partial charge >= 0.3 is 0 Å². The van der Waals surface area contributed by atoms with Crippen molar-refractivity contribution in [2.45, 2.75) is 106 Å². The Morgan fingerprint density at radius 1 is 1.18 bits per heavy atom. The van der Waals surface area contributed by atoms with E-state index in [0.717, 1.165) is 43.2 Å². The van der Waals surface area contributed by atoms with Crippen LogP contribution in [0.5, 0.6) is 0 Å². The first-order chi connectivity index (χ1) is 20.9. The SMILES string of the molecule is CC.CC/C(C)=C\C(=C/CCl)C1=NC2(CCC(C(C)(C)C)CC2)N(C(CC)c2ccc(C(=O)NCC(=N)N)cc2)C1=O.NN.